The van der Waals surface area contributed by atoms with Crippen molar-refractivity contribution in [3.8, 4) is 0 Å². The van der Waals surface area contributed by atoms with E-state index in [2.05, 4.69) is 11.0 Å². The molecule has 0 unspecified atom stereocenters. The van der Waals surface area contributed by atoms with E-state index in [4.69, 9.17) is 9.47 Å². The Balaban J connectivity index is 2.11. The maximum Gasteiger partial charge on any atom is 0.310 e. The predicted octanol–water partition coefficient (Wildman–Crippen LogP) is 1.63. The first kappa shape index (κ1) is 12.9. The summed E-state index contributed by atoms with van der Waals surface area (Å²) in [5.74, 6) is -0.168. The van der Waals surface area contributed by atoms with Crippen LogP contribution in [0.4, 0.5) is 5.69 Å². The Bertz CT molecular complexity index is 400. The monoisotopic (exact) mass is 249 g/mol. The van der Waals surface area contributed by atoms with Gasteiger partial charge in [0.2, 0.25) is 0 Å². The maximum atomic E-state index is 11.6. The molecule has 98 valence electrons. The summed E-state index contributed by atoms with van der Waals surface area (Å²) in [6, 6.07) is 8.00. The summed E-state index contributed by atoms with van der Waals surface area (Å²) in [7, 11) is 0. The summed E-state index contributed by atoms with van der Waals surface area (Å²) in [5.41, 5.74) is 2.15. The lowest BCUT2D eigenvalue weighted by atomic mass is 10.1. The highest BCUT2D eigenvalue weighted by Crippen LogP contribution is 2.22. The Morgan fingerprint density at radius 1 is 1.33 bits per heavy atom. The largest absolute Gasteiger partial charge is 0.466 e. The third-order valence-electron chi connectivity index (χ3n) is 2.98. The molecule has 2 rings (SSSR count). The Morgan fingerprint density at radius 3 is 2.78 bits per heavy atom. The normalized spacial score (nSPS) is 15.5. The van der Waals surface area contributed by atoms with Gasteiger partial charge in [0.1, 0.15) is 0 Å². The first-order valence-electron chi connectivity index (χ1n) is 6.37. The molecule has 1 aliphatic rings. The number of carbonyl (C=O) groups excluding carboxylic acids is 1. The van der Waals surface area contributed by atoms with Gasteiger partial charge in [0, 0.05) is 18.8 Å². The van der Waals surface area contributed by atoms with Crippen LogP contribution >= 0.6 is 0 Å². The molecule has 1 heterocycles. The Morgan fingerprint density at radius 2 is 2.06 bits per heavy atom. The molecule has 0 bridgehead atoms. The molecule has 0 saturated carbocycles. The molecular weight excluding hydrogens is 230 g/mol. The number of hydrogen-bond donors (Lipinski definition) is 0. The van der Waals surface area contributed by atoms with E-state index in [1.165, 1.54) is 0 Å². The van der Waals surface area contributed by atoms with Crippen LogP contribution in [0, 0.1) is 0 Å². The predicted molar refractivity (Wildman–Crippen MR) is 69.8 cm³/mol. The fourth-order valence-corrected chi connectivity index (χ4v) is 2.14. The number of nitrogens with zero attached hydrogens (tertiary/aromatic N) is 1. The van der Waals surface area contributed by atoms with Crippen LogP contribution in [-0.2, 0) is 20.7 Å². The summed E-state index contributed by atoms with van der Waals surface area (Å²) in [5, 5.41) is 0. The number of anilines is 1. The molecule has 4 heteroatoms. The van der Waals surface area contributed by atoms with Gasteiger partial charge in [0.05, 0.1) is 26.2 Å². The smallest absolute Gasteiger partial charge is 0.310 e. The average Bonchev–Trinajstić information content (AvgIpc) is 2.40. The second-order valence-electron chi connectivity index (χ2n) is 4.21. The summed E-state index contributed by atoms with van der Waals surface area (Å²) < 4.78 is 10.4. The second-order valence-corrected chi connectivity index (χ2v) is 4.21. The fourth-order valence-electron chi connectivity index (χ4n) is 2.14. The minimum Gasteiger partial charge on any atom is -0.466 e. The van der Waals surface area contributed by atoms with E-state index in [1.807, 2.05) is 25.1 Å². The summed E-state index contributed by atoms with van der Waals surface area (Å²) in [6.45, 7) is 5.49. The van der Waals surface area contributed by atoms with Gasteiger partial charge in [0.15, 0.2) is 0 Å². The number of hydrogen-bond acceptors (Lipinski definition) is 4. The molecule has 0 radical (unpaired) electrons. The minimum atomic E-state index is -0.168. The molecule has 1 aliphatic heterocycles. The second kappa shape index (κ2) is 6.40. The van der Waals surface area contributed by atoms with Gasteiger partial charge < -0.3 is 14.4 Å². The SMILES string of the molecule is CCOC(=O)Cc1ccccc1N1CCOCC1. The number of carbonyl (C=O) groups is 1. The molecule has 0 spiro atoms. The average molecular weight is 249 g/mol. The van der Waals surface area contributed by atoms with Gasteiger partial charge in [-0.25, -0.2) is 0 Å². The molecule has 18 heavy (non-hydrogen) atoms. The molecule has 1 aromatic carbocycles. The van der Waals surface area contributed by atoms with E-state index in [1.54, 1.807) is 0 Å². The molecule has 1 saturated heterocycles. The lowest BCUT2D eigenvalue weighted by molar-refractivity contribution is -0.142. The van der Waals surface area contributed by atoms with Crippen LogP contribution in [0.1, 0.15) is 12.5 Å². The Hall–Kier alpha value is -1.55. The summed E-state index contributed by atoms with van der Waals surface area (Å²) >= 11 is 0. The van der Waals surface area contributed by atoms with Crippen LogP contribution < -0.4 is 4.90 Å². The van der Waals surface area contributed by atoms with Gasteiger partial charge in [0.25, 0.3) is 0 Å². The van der Waals surface area contributed by atoms with Crippen molar-refractivity contribution in [1.82, 2.24) is 0 Å². The quantitative estimate of drug-likeness (QED) is 0.760. The molecule has 4 nitrogen and oxygen atoms in total. The molecule has 0 aliphatic carbocycles. The molecule has 0 amide bonds. The van der Waals surface area contributed by atoms with Crippen LogP contribution in [0.2, 0.25) is 0 Å². The van der Waals surface area contributed by atoms with Crippen LogP contribution in [0.5, 0.6) is 0 Å². The number of ether oxygens (including phenoxy) is 2. The summed E-state index contributed by atoms with van der Waals surface area (Å²) in [4.78, 5) is 13.8. The molecule has 0 N–H and O–H groups in total. The van der Waals surface area contributed by atoms with E-state index in [-0.39, 0.29) is 5.97 Å². The third-order valence-corrected chi connectivity index (χ3v) is 2.98. The van der Waals surface area contributed by atoms with Crippen molar-refractivity contribution in [2.45, 2.75) is 13.3 Å². The standard InChI is InChI=1S/C14H19NO3/c1-2-18-14(16)11-12-5-3-4-6-13(12)15-7-9-17-10-8-15/h3-6H,2,7-11H2,1H3. The molecule has 0 atom stereocenters. The van der Waals surface area contributed by atoms with E-state index in [0.29, 0.717) is 13.0 Å². The lowest BCUT2D eigenvalue weighted by Gasteiger charge is -2.30. The highest BCUT2D eigenvalue weighted by atomic mass is 16.5. The van der Waals surface area contributed by atoms with E-state index < -0.39 is 0 Å². The first-order chi connectivity index (χ1) is 8.81. The zero-order chi connectivity index (χ0) is 12.8. The minimum absolute atomic E-state index is 0.168. The topological polar surface area (TPSA) is 38.8 Å². The number of benzene rings is 1. The number of morpholine rings is 1. The van der Waals surface area contributed by atoms with Crippen LogP contribution in [-0.4, -0.2) is 38.9 Å². The van der Waals surface area contributed by atoms with E-state index in [9.17, 15) is 4.79 Å². The third kappa shape index (κ3) is 3.23. The van der Waals surface area contributed by atoms with E-state index in [0.717, 1.165) is 37.6 Å². The molecular formula is C14H19NO3. The van der Waals surface area contributed by atoms with Gasteiger partial charge in [-0.3, -0.25) is 4.79 Å². The van der Waals surface area contributed by atoms with Crippen molar-refractivity contribution in [3.63, 3.8) is 0 Å². The maximum absolute atomic E-state index is 11.6. The van der Waals surface area contributed by atoms with Gasteiger partial charge in [-0.2, -0.15) is 0 Å². The zero-order valence-corrected chi connectivity index (χ0v) is 10.7. The van der Waals surface area contributed by atoms with Crippen LogP contribution in [0.3, 0.4) is 0 Å². The summed E-state index contributed by atoms with van der Waals surface area (Å²) in [6.07, 6.45) is 0.335. The van der Waals surface area contributed by atoms with Gasteiger partial charge >= 0.3 is 5.97 Å². The molecule has 1 aromatic rings. The number of rotatable bonds is 4. The van der Waals surface area contributed by atoms with Gasteiger partial charge in [-0.1, -0.05) is 18.2 Å². The highest BCUT2D eigenvalue weighted by molar-refractivity contribution is 5.75. The highest BCUT2D eigenvalue weighted by Gasteiger charge is 2.16. The number of para-hydroxylation sites is 1. The van der Waals surface area contributed by atoms with Gasteiger partial charge in [-0.15, -0.1) is 0 Å². The van der Waals surface area contributed by atoms with Crippen molar-refractivity contribution in [2.24, 2.45) is 0 Å². The first-order valence-corrected chi connectivity index (χ1v) is 6.37. The molecule has 0 aromatic heterocycles. The van der Waals surface area contributed by atoms with Crippen LogP contribution in [0.25, 0.3) is 0 Å². The van der Waals surface area contributed by atoms with Crippen molar-refractivity contribution in [3.05, 3.63) is 29.8 Å². The van der Waals surface area contributed by atoms with E-state index >= 15 is 0 Å². The lowest BCUT2D eigenvalue weighted by Crippen LogP contribution is -2.36. The molecule has 1 fully saturated rings. The van der Waals surface area contributed by atoms with Crippen molar-refractivity contribution in [1.29, 1.82) is 0 Å². The Labute approximate surface area is 107 Å². The fraction of sp³-hybridized carbons (Fsp3) is 0.500. The van der Waals surface area contributed by atoms with Crippen LogP contribution in [0.15, 0.2) is 24.3 Å². The van der Waals surface area contributed by atoms with Crippen molar-refractivity contribution >= 4 is 11.7 Å². The zero-order valence-electron chi connectivity index (χ0n) is 10.7. The Kier molecular flexibility index (Phi) is 4.59. The number of esters is 1. The van der Waals surface area contributed by atoms with Gasteiger partial charge in [-0.05, 0) is 18.6 Å². The van der Waals surface area contributed by atoms with Crippen molar-refractivity contribution in [2.75, 3.05) is 37.8 Å². The van der Waals surface area contributed by atoms with Crippen molar-refractivity contribution < 1.29 is 14.3 Å².